The van der Waals surface area contributed by atoms with E-state index in [-0.39, 0.29) is 0 Å². The first-order chi connectivity index (χ1) is 9.78. The van der Waals surface area contributed by atoms with Crippen LogP contribution < -0.4 is 5.32 Å². The third kappa shape index (κ3) is 2.77. The number of rotatable bonds is 5. The van der Waals surface area contributed by atoms with E-state index >= 15 is 0 Å². The molecule has 1 N–H and O–H groups in total. The predicted molar refractivity (Wildman–Crippen MR) is 87.5 cm³/mol. The quantitative estimate of drug-likeness (QED) is 0.816. The lowest BCUT2D eigenvalue weighted by molar-refractivity contribution is 0.650. The minimum absolute atomic E-state index is 0.417. The van der Waals surface area contributed by atoms with Crippen LogP contribution in [-0.4, -0.2) is 12.8 Å². The molecule has 0 saturated carbocycles. The molecule has 2 aromatic carbocycles. The van der Waals surface area contributed by atoms with E-state index in [0.717, 1.165) is 5.92 Å². The van der Waals surface area contributed by atoms with Gasteiger partial charge in [-0.25, -0.2) is 0 Å². The predicted octanol–water partition coefficient (Wildman–Crippen LogP) is 4.40. The first kappa shape index (κ1) is 13.7. The van der Waals surface area contributed by atoms with Crippen LogP contribution in [0.5, 0.6) is 0 Å². The lowest BCUT2D eigenvalue weighted by Crippen LogP contribution is -2.18. The van der Waals surface area contributed by atoms with Crippen LogP contribution in [0.2, 0.25) is 0 Å². The molecule has 0 amide bonds. The topological polar surface area (TPSA) is 12.0 Å². The van der Waals surface area contributed by atoms with E-state index in [1.807, 2.05) is 18.8 Å². The summed E-state index contributed by atoms with van der Waals surface area (Å²) in [6, 6.07) is 18.2. The molecule has 2 unspecified atom stereocenters. The van der Waals surface area contributed by atoms with Gasteiger partial charge in [-0.2, -0.15) is 0 Å². The van der Waals surface area contributed by atoms with E-state index < -0.39 is 0 Å². The van der Waals surface area contributed by atoms with E-state index in [1.165, 1.54) is 28.2 Å². The molecular weight excluding hydrogens is 262 g/mol. The number of thioether (sulfide) groups is 1. The van der Waals surface area contributed by atoms with Gasteiger partial charge in [0.15, 0.2) is 0 Å². The minimum Gasteiger partial charge on any atom is -0.313 e. The molecular formula is C18H21NS. The summed E-state index contributed by atoms with van der Waals surface area (Å²) < 4.78 is 0. The molecule has 1 aliphatic carbocycles. The zero-order valence-electron chi connectivity index (χ0n) is 12.1. The second-order valence-electron chi connectivity index (χ2n) is 5.49. The highest BCUT2D eigenvalue weighted by Crippen LogP contribution is 2.38. The van der Waals surface area contributed by atoms with Gasteiger partial charge in [-0.15, -0.1) is 11.8 Å². The molecule has 20 heavy (non-hydrogen) atoms. The average Bonchev–Trinajstić information content (AvgIpc) is 2.47. The van der Waals surface area contributed by atoms with Gasteiger partial charge < -0.3 is 5.32 Å². The Labute approximate surface area is 125 Å². The number of nitrogens with one attached hydrogen (secondary N) is 1. The number of fused-ring (bicyclic) bond motifs is 1. The van der Waals surface area contributed by atoms with Gasteiger partial charge in [0, 0.05) is 16.7 Å². The maximum Gasteiger partial charge on any atom is 0.0289 e. The van der Waals surface area contributed by atoms with Gasteiger partial charge in [-0.05, 0) is 55.1 Å². The first-order valence-electron chi connectivity index (χ1n) is 7.25. The molecule has 0 saturated heterocycles. The molecule has 0 aliphatic heterocycles. The van der Waals surface area contributed by atoms with E-state index in [0.29, 0.717) is 6.04 Å². The van der Waals surface area contributed by atoms with Gasteiger partial charge in [0.05, 0.1) is 0 Å². The van der Waals surface area contributed by atoms with Crippen molar-refractivity contribution in [1.29, 1.82) is 0 Å². The van der Waals surface area contributed by atoms with Crippen LogP contribution in [0.25, 0.3) is 0 Å². The van der Waals surface area contributed by atoms with Crippen molar-refractivity contribution in [2.24, 2.45) is 0 Å². The van der Waals surface area contributed by atoms with E-state index in [1.54, 1.807) is 5.56 Å². The van der Waals surface area contributed by atoms with Crippen molar-refractivity contribution in [2.45, 2.75) is 30.2 Å². The Morgan fingerprint density at radius 1 is 1.20 bits per heavy atom. The standard InChI is InChI=1S/C18H21NS/c1-13(19-2)14-7-5-8-17(11-14)20-12-16-10-15-6-3-4-9-18(15)16/h3-9,11,13,16,19H,10,12H2,1-2H3. The number of benzene rings is 2. The number of hydrogen-bond donors (Lipinski definition) is 1. The normalized spacial score (nSPS) is 18.2. The molecule has 1 nitrogen and oxygen atoms in total. The van der Waals surface area contributed by atoms with Crippen molar-refractivity contribution in [2.75, 3.05) is 12.8 Å². The SMILES string of the molecule is CNC(C)c1cccc(SCC2Cc3ccccc32)c1. The van der Waals surface area contributed by atoms with E-state index in [2.05, 4.69) is 60.8 Å². The Morgan fingerprint density at radius 2 is 2.05 bits per heavy atom. The third-order valence-corrected chi connectivity index (χ3v) is 5.36. The van der Waals surface area contributed by atoms with Gasteiger partial charge in [0.2, 0.25) is 0 Å². The molecule has 3 rings (SSSR count). The zero-order chi connectivity index (χ0) is 13.9. The summed E-state index contributed by atoms with van der Waals surface area (Å²) in [4.78, 5) is 1.38. The third-order valence-electron chi connectivity index (χ3n) is 4.20. The highest BCUT2D eigenvalue weighted by molar-refractivity contribution is 7.99. The molecule has 2 heteroatoms. The van der Waals surface area contributed by atoms with Crippen molar-refractivity contribution < 1.29 is 0 Å². The fourth-order valence-electron chi connectivity index (χ4n) is 2.75. The maximum absolute atomic E-state index is 3.30. The van der Waals surface area contributed by atoms with Crippen LogP contribution in [0.1, 0.15) is 35.6 Å². The van der Waals surface area contributed by atoms with Crippen LogP contribution in [-0.2, 0) is 6.42 Å². The van der Waals surface area contributed by atoms with Crippen molar-refractivity contribution in [3.63, 3.8) is 0 Å². The summed E-state index contributed by atoms with van der Waals surface area (Å²) in [5.74, 6) is 1.93. The van der Waals surface area contributed by atoms with Gasteiger partial charge in [0.25, 0.3) is 0 Å². The molecule has 0 fully saturated rings. The molecule has 0 radical (unpaired) electrons. The molecule has 0 bridgehead atoms. The second kappa shape index (κ2) is 6.02. The summed E-state index contributed by atoms with van der Waals surface area (Å²) in [5, 5.41) is 3.30. The summed E-state index contributed by atoms with van der Waals surface area (Å²) in [7, 11) is 2.01. The Morgan fingerprint density at radius 3 is 2.85 bits per heavy atom. The Hall–Kier alpha value is -1.25. The Balaban J connectivity index is 1.63. The molecule has 2 atom stereocenters. The summed E-state index contributed by atoms with van der Waals surface area (Å²) >= 11 is 1.98. The molecule has 104 valence electrons. The van der Waals surface area contributed by atoms with Crippen LogP contribution in [0, 0.1) is 0 Å². The van der Waals surface area contributed by atoms with Crippen molar-refractivity contribution in [3.05, 3.63) is 65.2 Å². The summed E-state index contributed by atoms with van der Waals surface area (Å²) in [5.41, 5.74) is 4.46. The monoisotopic (exact) mass is 283 g/mol. The van der Waals surface area contributed by atoms with Crippen molar-refractivity contribution >= 4 is 11.8 Å². The van der Waals surface area contributed by atoms with Gasteiger partial charge in [0.1, 0.15) is 0 Å². The average molecular weight is 283 g/mol. The Kier molecular flexibility index (Phi) is 4.13. The molecule has 0 heterocycles. The lowest BCUT2D eigenvalue weighted by Gasteiger charge is -2.29. The highest BCUT2D eigenvalue weighted by Gasteiger charge is 2.25. The van der Waals surface area contributed by atoms with Crippen molar-refractivity contribution in [3.8, 4) is 0 Å². The molecule has 1 aliphatic rings. The van der Waals surface area contributed by atoms with E-state index in [4.69, 9.17) is 0 Å². The molecule has 2 aromatic rings. The van der Waals surface area contributed by atoms with E-state index in [9.17, 15) is 0 Å². The van der Waals surface area contributed by atoms with Gasteiger partial charge in [-0.1, -0.05) is 36.4 Å². The second-order valence-corrected chi connectivity index (χ2v) is 6.59. The summed E-state index contributed by atoms with van der Waals surface area (Å²) in [6.07, 6.45) is 1.25. The highest BCUT2D eigenvalue weighted by atomic mass is 32.2. The zero-order valence-corrected chi connectivity index (χ0v) is 12.9. The number of hydrogen-bond acceptors (Lipinski definition) is 2. The fraction of sp³-hybridized carbons (Fsp3) is 0.333. The van der Waals surface area contributed by atoms with Crippen LogP contribution in [0.15, 0.2) is 53.4 Å². The van der Waals surface area contributed by atoms with Crippen LogP contribution in [0.3, 0.4) is 0 Å². The Bertz CT molecular complexity index is 593. The largest absolute Gasteiger partial charge is 0.313 e. The van der Waals surface area contributed by atoms with Crippen molar-refractivity contribution in [1.82, 2.24) is 5.32 Å². The minimum atomic E-state index is 0.417. The molecule has 0 spiro atoms. The van der Waals surface area contributed by atoms with Crippen LogP contribution >= 0.6 is 11.8 Å². The van der Waals surface area contributed by atoms with Gasteiger partial charge >= 0.3 is 0 Å². The van der Waals surface area contributed by atoms with Gasteiger partial charge in [-0.3, -0.25) is 0 Å². The fourth-order valence-corrected chi connectivity index (χ4v) is 3.83. The molecule has 0 aromatic heterocycles. The lowest BCUT2D eigenvalue weighted by atomic mass is 9.79. The summed E-state index contributed by atoms with van der Waals surface area (Å²) in [6.45, 7) is 2.20. The smallest absolute Gasteiger partial charge is 0.0289 e. The van der Waals surface area contributed by atoms with Crippen LogP contribution in [0.4, 0.5) is 0 Å². The first-order valence-corrected chi connectivity index (χ1v) is 8.24. The maximum atomic E-state index is 3.30.